The van der Waals surface area contributed by atoms with E-state index in [0.29, 0.717) is 35.3 Å². The van der Waals surface area contributed by atoms with E-state index in [4.69, 9.17) is 0 Å². The molecule has 2 heterocycles. The Kier molecular flexibility index (Phi) is 6.15. The SMILES string of the molecule is C=CCn1c(SCc2ccccc2OC(F)F)nnc1C1CCS(=O)(=O)C1. The third kappa shape index (κ3) is 4.86. The second-order valence-electron chi connectivity index (χ2n) is 6.11. The van der Waals surface area contributed by atoms with Crippen LogP contribution >= 0.6 is 11.8 Å². The molecule has 146 valence electrons. The topological polar surface area (TPSA) is 74.1 Å². The molecule has 0 amide bonds. The molecule has 27 heavy (non-hydrogen) atoms. The van der Waals surface area contributed by atoms with Crippen molar-refractivity contribution in [3.63, 3.8) is 0 Å². The molecule has 0 N–H and O–H groups in total. The lowest BCUT2D eigenvalue weighted by Gasteiger charge is -2.12. The molecule has 0 saturated carbocycles. The van der Waals surface area contributed by atoms with E-state index < -0.39 is 16.4 Å². The molecule has 1 atom stereocenters. The van der Waals surface area contributed by atoms with Crippen LogP contribution in [0.5, 0.6) is 5.75 Å². The second-order valence-corrected chi connectivity index (χ2v) is 9.29. The van der Waals surface area contributed by atoms with Crippen molar-refractivity contribution in [2.45, 2.75) is 36.4 Å². The largest absolute Gasteiger partial charge is 0.435 e. The summed E-state index contributed by atoms with van der Waals surface area (Å²) in [6, 6.07) is 6.58. The molecule has 0 spiro atoms. The highest BCUT2D eigenvalue weighted by Gasteiger charge is 2.33. The molecule has 1 aromatic carbocycles. The van der Waals surface area contributed by atoms with Gasteiger partial charge in [0, 0.05) is 23.8 Å². The number of para-hydroxylation sites is 1. The molecule has 1 saturated heterocycles. The zero-order chi connectivity index (χ0) is 19.4. The van der Waals surface area contributed by atoms with Gasteiger partial charge in [0.2, 0.25) is 0 Å². The Balaban J connectivity index is 1.79. The van der Waals surface area contributed by atoms with Crippen LogP contribution in [0, 0.1) is 0 Å². The van der Waals surface area contributed by atoms with Gasteiger partial charge < -0.3 is 9.30 Å². The molecular weight excluding hydrogens is 396 g/mol. The minimum atomic E-state index is -3.04. The van der Waals surface area contributed by atoms with E-state index in [-0.39, 0.29) is 23.2 Å². The van der Waals surface area contributed by atoms with Gasteiger partial charge in [0.05, 0.1) is 11.5 Å². The van der Waals surface area contributed by atoms with Crippen LogP contribution in [0.1, 0.15) is 23.7 Å². The fourth-order valence-electron chi connectivity index (χ4n) is 2.98. The quantitative estimate of drug-likeness (QED) is 0.487. The number of thioether (sulfide) groups is 1. The van der Waals surface area contributed by atoms with Gasteiger partial charge in [0.1, 0.15) is 11.6 Å². The number of alkyl halides is 2. The van der Waals surface area contributed by atoms with Gasteiger partial charge in [-0.2, -0.15) is 8.78 Å². The molecule has 1 fully saturated rings. The second kappa shape index (κ2) is 8.39. The van der Waals surface area contributed by atoms with E-state index in [0.717, 1.165) is 0 Å². The van der Waals surface area contributed by atoms with Gasteiger partial charge in [-0.3, -0.25) is 0 Å². The van der Waals surface area contributed by atoms with E-state index in [1.165, 1.54) is 17.8 Å². The summed E-state index contributed by atoms with van der Waals surface area (Å²) in [7, 11) is -3.04. The summed E-state index contributed by atoms with van der Waals surface area (Å²) in [6.45, 7) is 1.28. The summed E-state index contributed by atoms with van der Waals surface area (Å²) in [5, 5.41) is 8.96. The third-order valence-electron chi connectivity index (χ3n) is 4.20. The Morgan fingerprint density at radius 2 is 2.15 bits per heavy atom. The van der Waals surface area contributed by atoms with Gasteiger partial charge >= 0.3 is 6.61 Å². The van der Waals surface area contributed by atoms with Crippen molar-refractivity contribution in [1.29, 1.82) is 0 Å². The first-order valence-corrected chi connectivity index (χ1v) is 11.1. The van der Waals surface area contributed by atoms with Crippen molar-refractivity contribution >= 4 is 21.6 Å². The Hall–Kier alpha value is -1.94. The average Bonchev–Trinajstić information content (AvgIpc) is 3.17. The van der Waals surface area contributed by atoms with Gasteiger partial charge in [-0.25, -0.2) is 8.42 Å². The van der Waals surface area contributed by atoms with Gasteiger partial charge in [0.25, 0.3) is 0 Å². The minimum absolute atomic E-state index is 0.0675. The molecule has 6 nitrogen and oxygen atoms in total. The van der Waals surface area contributed by atoms with E-state index in [9.17, 15) is 17.2 Å². The van der Waals surface area contributed by atoms with Crippen LogP contribution in [0.4, 0.5) is 8.78 Å². The molecule has 10 heteroatoms. The number of halogens is 2. The monoisotopic (exact) mass is 415 g/mol. The lowest BCUT2D eigenvalue weighted by atomic mass is 10.1. The Bertz CT molecular complexity index is 916. The summed E-state index contributed by atoms with van der Waals surface area (Å²) in [4.78, 5) is 0. The van der Waals surface area contributed by atoms with E-state index in [2.05, 4.69) is 21.5 Å². The van der Waals surface area contributed by atoms with Crippen LogP contribution in [0.3, 0.4) is 0 Å². The van der Waals surface area contributed by atoms with E-state index in [1.54, 1.807) is 24.3 Å². The number of benzene rings is 1. The summed E-state index contributed by atoms with van der Waals surface area (Å²) in [6.07, 6.45) is 2.21. The van der Waals surface area contributed by atoms with Crippen LogP contribution in [0.25, 0.3) is 0 Å². The molecule has 1 unspecified atom stereocenters. The van der Waals surface area contributed by atoms with Gasteiger partial charge in [0.15, 0.2) is 15.0 Å². The Labute approximate surface area is 160 Å². The van der Waals surface area contributed by atoms with Crippen LogP contribution in [-0.2, 0) is 22.1 Å². The number of hydrogen-bond donors (Lipinski definition) is 0. The number of ether oxygens (including phenoxy) is 1. The van der Waals surface area contributed by atoms with Crippen LogP contribution in [0.15, 0.2) is 42.1 Å². The number of allylic oxidation sites excluding steroid dienone is 1. The molecule has 1 aromatic heterocycles. The molecule has 1 aliphatic rings. The average molecular weight is 415 g/mol. The molecule has 0 bridgehead atoms. The summed E-state index contributed by atoms with van der Waals surface area (Å²) >= 11 is 1.33. The third-order valence-corrected chi connectivity index (χ3v) is 6.98. The highest BCUT2D eigenvalue weighted by atomic mass is 32.2. The number of hydrogen-bond acceptors (Lipinski definition) is 6. The first kappa shape index (κ1) is 19.8. The van der Waals surface area contributed by atoms with Crippen LogP contribution < -0.4 is 4.74 Å². The van der Waals surface area contributed by atoms with Crippen molar-refractivity contribution < 1.29 is 21.9 Å². The fraction of sp³-hybridized carbons (Fsp3) is 0.412. The van der Waals surface area contributed by atoms with E-state index >= 15 is 0 Å². The molecular formula is C17H19F2N3O3S2. The maximum Gasteiger partial charge on any atom is 0.387 e. The number of nitrogens with zero attached hydrogens (tertiary/aromatic N) is 3. The normalized spacial score (nSPS) is 18.7. The number of sulfone groups is 1. The summed E-state index contributed by atoms with van der Waals surface area (Å²) in [5.41, 5.74) is 0.612. The van der Waals surface area contributed by atoms with Gasteiger partial charge in [-0.1, -0.05) is 36.0 Å². The van der Waals surface area contributed by atoms with Crippen LogP contribution in [0.2, 0.25) is 0 Å². The Morgan fingerprint density at radius 3 is 2.81 bits per heavy atom. The first-order valence-electron chi connectivity index (χ1n) is 8.29. The predicted molar refractivity (Wildman–Crippen MR) is 98.9 cm³/mol. The fourth-order valence-corrected chi connectivity index (χ4v) is 5.67. The Morgan fingerprint density at radius 1 is 1.37 bits per heavy atom. The van der Waals surface area contributed by atoms with Crippen molar-refractivity contribution in [1.82, 2.24) is 14.8 Å². The highest BCUT2D eigenvalue weighted by molar-refractivity contribution is 7.98. The van der Waals surface area contributed by atoms with Gasteiger partial charge in [-0.05, 0) is 12.5 Å². The molecule has 2 aromatic rings. The number of rotatable bonds is 8. The zero-order valence-corrected chi connectivity index (χ0v) is 16.1. The highest BCUT2D eigenvalue weighted by Crippen LogP contribution is 2.32. The lowest BCUT2D eigenvalue weighted by Crippen LogP contribution is -2.11. The van der Waals surface area contributed by atoms with Gasteiger partial charge in [-0.15, -0.1) is 16.8 Å². The predicted octanol–water partition coefficient (Wildman–Crippen LogP) is 3.26. The van der Waals surface area contributed by atoms with Crippen molar-refractivity contribution in [2.75, 3.05) is 11.5 Å². The summed E-state index contributed by atoms with van der Waals surface area (Å²) in [5.74, 6) is 1.14. The zero-order valence-electron chi connectivity index (χ0n) is 14.4. The van der Waals surface area contributed by atoms with E-state index in [1.807, 2.05) is 4.57 Å². The maximum absolute atomic E-state index is 12.6. The van der Waals surface area contributed by atoms with Crippen molar-refractivity contribution in [3.05, 3.63) is 48.3 Å². The maximum atomic E-state index is 12.6. The smallest absolute Gasteiger partial charge is 0.387 e. The molecule has 0 aliphatic carbocycles. The lowest BCUT2D eigenvalue weighted by molar-refractivity contribution is -0.0503. The van der Waals surface area contributed by atoms with Crippen molar-refractivity contribution in [2.24, 2.45) is 0 Å². The first-order chi connectivity index (χ1) is 12.9. The molecule has 0 radical (unpaired) electrons. The standard InChI is InChI=1S/C17H19F2N3O3S2/c1-2-8-22-15(13-7-9-27(23,24)11-13)20-21-17(22)26-10-12-5-3-4-6-14(12)25-16(18)19/h2-6,13,16H,1,7-11H2. The minimum Gasteiger partial charge on any atom is -0.435 e. The molecule has 3 rings (SSSR count). The molecule has 1 aliphatic heterocycles. The number of aromatic nitrogens is 3. The van der Waals surface area contributed by atoms with Crippen LogP contribution in [-0.4, -0.2) is 41.3 Å². The van der Waals surface area contributed by atoms with Crippen molar-refractivity contribution in [3.8, 4) is 5.75 Å². The summed E-state index contributed by atoms with van der Waals surface area (Å²) < 4.78 is 55.0.